The summed E-state index contributed by atoms with van der Waals surface area (Å²) in [7, 11) is 2.19. The average Bonchev–Trinajstić information content (AvgIpc) is 3.10. The number of nitrogens with zero attached hydrogens (tertiary/aromatic N) is 2. The maximum absolute atomic E-state index is 5.67. The summed E-state index contributed by atoms with van der Waals surface area (Å²) in [4.78, 5) is 7.00. The average molecular weight is 357 g/mol. The molecule has 1 rings (SSSR count). The SMILES string of the molecule is CCNC(=NCCCOCC1CCCO1)NCCCCN(C)C(C)C. The Morgan fingerprint density at radius 2 is 2.12 bits per heavy atom. The van der Waals surface area contributed by atoms with Crippen molar-refractivity contribution in [2.75, 3.05) is 53.0 Å². The van der Waals surface area contributed by atoms with Crippen molar-refractivity contribution in [1.29, 1.82) is 0 Å². The van der Waals surface area contributed by atoms with Gasteiger partial charge in [0.15, 0.2) is 5.96 Å². The molecule has 6 heteroatoms. The van der Waals surface area contributed by atoms with Gasteiger partial charge in [-0.25, -0.2) is 0 Å². The number of nitrogens with one attached hydrogen (secondary N) is 2. The van der Waals surface area contributed by atoms with Crippen molar-refractivity contribution < 1.29 is 9.47 Å². The molecular weight excluding hydrogens is 316 g/mol. The fourth-order valence-corrected chi connectivity index (χ4v) is 2.64. The topological polar surface area (TPSA) is 58.1 Å². The van der Waals surface area contributed by atoms with Crippen LogP contribution in [0.4, 0.5) is 0 Å². The molecule has 1 aliphatic rings. The van der Waals surface area contributed by atoms with Crippen LogP contribution in [0.2, 0.25) is 0 Å². The van der Waals surface area contributed by atoms with Crippen LogP contribution in [0, 0.1) is 0 Å². The molecule has 0 aromatic heterocycles. The van der Waals surface area contributed by atoms with Gasteiger partial charge in [0.1, 0.15) is 0 Å². The molecule has 0 aromatic carbocycles. The third-order valence-electron chi connectivity index (χ3n) is 4.50. The second-order valence-electron chi connectivity index (χ2n) is 7.03. The van der Waals surface area contributed by atoms with Gasteiger partial charge in [0, 0.05) is 38.9 Å². The molecular formula is C19H40N4O2. The molecule has 1 atom stereocenters. The number of ether oxygens (including phenoxy) is 2. The van der Waals surface area contributed by atoms with E-state index < -0.39 is 0 Å². The van der Waals surface area contributed by atoms with E-state index >= 15 is 0 Å². The maximum atomic E-state index is 5.67. The van der Waals surface area contributed by atoms with Crippen molar-refractivity contribution in [1.82, 2.24) is 15.5 Å². The molecule has 1 saturated heterocycles. The van der Waals surface area contributed by atoms with E-state index in [2.05, 4.69) is 48.3 Å². The largest absolute Gasteiger partial charge is 0.379 e. The van der Waals surface area contributed by atoms with E-state index in [-0.39, 0.29) is 0 Å². The van der Waals surface area contributed by atoms with Gasteiger partial charge < -0.3 is 25.0 Å². The van der Waals surface area contributed by atoms with E-state index in [0.29, 0.717) is 12.1 Å². The maximum Gasteiger partial charge on any atom is 0.191 e. The fourth-order valence-electron chi connectivity index (χ4n) is 2.64. The lowest BCUT2D eigenvalue weighted by molar-refractivity contribution is 0.0171. The Morgan fingerprint density at radius 3 is 2.80 bits per heavy atom. The van der Waals surface area contributed by atoms with Crippen LogP contribution >= 0.6 is 0 Å². The van der Waals surface area contributed by atoms with Crippen LogP contribution in [0.1, 0.15) is 52.9 Å². The van der Waals surface area contributed by atoms with Gasteiger partial charge in [-0.3, -0.25) is 4.99 Å². The molecule has 2 N–H and O–H groups in total. The lowest BCUT2D eigenvalue weighted by atomic mass is 10.2. The second-order valence-corrected chi connectivity index (χ2v) is 7.03. The molecule has 1 fully saturated rings. The zero-order chi connectivity index (χ0) is 18.3. The summed E-state index contributed by atoms with van der Waals surface area (Å²) >= 11 is 0. The lowest BCUT2D eigenvalue weighted by Crippen LogP contribution is -2.38. The zero-order valence-corrected chi connectivity index (χ0v) is 16.9. The molecule has 0 aromatic rings. The van der Waals surface area contributed by atoms with E-state index in [0.717, 1.165) is 71.2 Å². The van der Waals surface area contributed by atoms with Crippen LogP contribution in [-0.4, -0.2) is 76.1 Å². The van der Waals surface area contributed by atoms with Crippen molar-refractivity contribution in [3.05, 3.63) is 0 Å². The van der Waals surface area contributed by atoms with Gasteiger partial charge in [0.05, 0.1) is 12.7 Å². The summed E-state index contributed by atoms with van der Waals surface area (Å²) in [6.07, 6.45) is 5.94. The number of hydrogen-bond acceptors (Lipinski definition) is 4. The molecule has 148 valence electrons. The minimum atomic E-state index is 0.317. The van der Waals surface area contributed by atoms with E-state index in [1.807, 2.05) is 0 Å². The number of rotatable bonds is 13. The van der Waals surface area contributed by atoms with Crippen LogP contribution < -0.4 is 10.6 Å². The van der Waals surface area contributed by atoms with Gasteiger partial charge in [-0.2, -0.15) is 0 Å². The van der Waals surface area contributed by atoms with Crippen molar-refractivity contribution >= 4 is 5.96 Å². The quantitative estimate of drug-likeness (QED) is 0.301. The number of guanidine groups is 1. The molecule has 1 aliphatic heterocycles. The van der Waals surface area contributed by atoms with Crippen LogP contribution in [0.5, 0.6) is 0 Å². The normalized spacial score (nSPS) is 18.3. The molecule has 0 spiro atoms. The first kappa shape index (κ1) is 22.2. The summed E-state index contributed by atoms with van der Waals surface area (Å²) in [5.74, 6) is 0.916. The molecule has 1 unspecified atom stereocenters. The lowest BCUT2D eigenvalue weighted by Gasteiger charge is -2.20. The minimum Gasteiger partial charge on any atom is -0.379 e. The summed E-state index contributed by atoms with van der Waals surface area (Å²) in [6, 6.07) is 0.620. The summed E-state index contributed by atoms with van der Waals surface area (Å²) in [6.45, 7) is 12.7. The van der Waals surface area contributed by atoms with Gasteiger partial charge in [-0.15, -0.1) is 0 Å². The molecule has 25 heavy (non-hydrogen) atoms. The molecule has 0 amide bonds. The Hall–Kier alpha value is -0.850. The smallest absolute Gasteiger partial charge is 0.191 e. The first-order valence-corrected chi connectivity index (χ1v) is 10.0. The molecule has 0 saturated carbocycles. The Labute approximate surface area is 154 Å². The Kier molecular flexibility index (Phi) is 12.7. The predicted octanol–water partition coefficient (Wildman–Crippen LogP) is 2.25. The van der Waals surface area contributed by atoms with E-state index in [1.165, 1.54) is 12.8 Å². The molecule has 0 radical (unpaired) electrons. The zero-order valence-electron chi connectivity index (χ0n) is 16.9. The van der Waals surface area contributed by atoms with Crippen LogP contribution in [0.3, 0.4) is 0 Å². The fraction of sp³-hybridized carbons (Fsp3) is 0.947. The van der Waals surface area contributed by atoms with Gasteiger partial charge in [0.25, 0.3) is 0 Å². The second kappa shape index (κ2) is 14.3. The predicted molar refractivity (Wildman–Crippen MR) is 105 cm³/mol. The van der Waals surface area contributed by atoms with E-state index in [9.17, 15) is 0 Å². The number of unbranched alkanes of at least 4 members (excludes halogenated alkanes) is 1. The van der Waals surface area contributed by atoms with Crippen LogP contribution in [-0.2, 0) is 9.47 Å². The van der Waals surface area contributed by atoms with Gasteiger partial charge in [0.2, 0.25) is 0 Å². The molecule has 0 aliphatic carbocycles. The van der Waals surface area contributed by atoms with Gasteiger partial charge in [-0.1, -0.05) is 0 Å². The third-order valence-corrected chi connectivity index (χ3v) is 4.50. The van der Waals surface area contributed by atoms with Crippen LogP contribution in [0.15, 0.2) is 4.99 Å². The molecule has 0 bridgehead atoms. The highest BCUT2D eigenvalue weighted by Gasteiger charge is 2.14. The number of aliphatic imine (C=N–C) groups is 1. The summed E-state index contributed by atoms with van der Waals surface area (Å²) < 4.78 is 11.2. The van der Waals surface area contributed by atoms with Gasteiger partial charge in [-0.05, 0) is 66.5 Å². The minimum absolute atomic E-state index is 0.317. The monoisotopic (exact) mass is 356 g/mol. The highest BCUT2D eigenvalue weighted by molar-refractivity contribution is 5.79. The first-order chi connectivity index (χ1) is 12.1. The Morgan fingerprint density at radius 1 is 1.28 bits per heavy atom. The molecule has 6 nitrogen and oxygen atoms in total. The number of hydrogen-bond donors (Lipinski definition) is 2. The standard InChI is InChI=1S/C19H40N4O2/c1-5-20-19(21-11-6-7-13-23(4)17(2)3)22-12-9-14-24-16-18-10-8-15-25-18/h17-18H,5-16H2,1-4H3,(H2,20,21,22). The molecule has 1 heterocycles. The Balaban J connectivity index is 2.05. The summed E-state index contributed by atoms with van der Waals surface area (Å²) in [5, 5.41) is 6.72. The first-order valence-electron chi connectivity index (χ1n) is 10.0. The van der Waals surface area contributed by atoms with Crippen molar-refractivity contribution in [2.24, 2.45) is 4.99 Å². The van der Waals surface area contributed by atoms with E-state index in [1.54, 1.807) is 0 Å². The van der Waals surface area contributed by atoms with Gasteiger partial charge >= 0.3 is 0 Å². The van der Waals surface area contributed by atoms with Crippen molar-refractivity contribution in [2.45, 2.75) is 65.0 Å². The van der Waals surface area contributed by atoms with Crippen molar-refractivity contribution in [3.63, 3.8) is 0 Å². The Bertz CT molecular complexity index is 344. The third kappa shape index (κ3) is 11.4. The summed E-state index contributed by atoms with van der Waals surface area (Å²) in [5.41, 5.74) is 0. The highest BCUT2D eigenvalue weighted by atomic mass is 16.5. The van der Waals surface area contributed by atoms with Crippen LogP contribution in [0.25, 0.3) is 0 Å². The highest BCUT2D eigenvalue weighted by Crippen LogP contribution is 2.11. The van der Waals surface area contributed by atoms with Crippen molar-refractivity contribution in [3.8, 4) is 0 Å². The van der Waals surface area contributed by atoms with E-state index in [4.69, 9.17) is 9.47 Å².